The average molecular weight is 472 g/mol. The first-order valence-electron chi connectivity index (χ1n) is 9.57. The molecule has 4 aromatic rings. The highest BCUT2D eigenvalue weighted by atomic mass is 35.5. The molecule has 0 unspecified atom stereocenters. The second kappa shape index (κ2) is 8.15. The van der Waals surface area contributed by atoms with Gasteiger partial charge in [0.05, 0.1) is 4.90 Å². The summed E-state index contributed by atoms with van der Waals surface area (Å²) in [4.78, 5) is 9.33. The number of fused-ring (bicyclic) bond motifs is 1. The van der Waals surface area contributed by atoms with E-state index in [-0.39, 0.29) is 9.10 Å². The Labute approximate surface area is 191 Å². The molecule has 0 saturated heterocycles. The molecular weight excluding hydrogens is 450 g/mol. The molecule has 31 heavy (non-hydrogen) atoms. The number of halogens is 1. The highest BCUT2D eigenvalue weighted by molar-refractivity contribution is 7.93. The van der Waals surface area contributed by atoms with Crippen LogP contribution < -0.4 is 9.80 Å². The summed E-state index contributed by atoms with van der Waals surface area (Å²) in [6.45, 7) is 0. The fourth-order valence-electron chi connectivity index (χ4n) is 3.46. The maximum atomic E-state index is 13.8. The highest BCUT2D eigenvalue weighted by Crippen LogP contribution is 2.46. The quantitative estimate of drug-likeness (QED) is 0.380. The number of hydrogen-bond donors (Lipinski definition) is 0. The van der Waals surface area contributed by atoms with E-state index in [1.807, 2.05) is 68.3 Å². The zero-order valence-electron chi connectivity index (χ0n) is 17.6. The van der Waals surface area contributed by atoms with Crippen LogP contribution in [0.5, 0.6) is 0 Å². The van der Waals surface area contributed by atoms with E-state index in [0.717, 1.165) is 22.3 Å². The van der Waals surface area contributed by atoms with Crippen molar-refractivity contribution in [2.24, 2.45) is 0 Å². The number of pyridine rings is 1. The lowest BCUT2D eigenvalue weighted by molar-refractivity contribution is 0.598. The third kappa shape index (κ3) is 3.89. The molecular formula is C23H22ClN3O2S2. The predicted octanol–water partition coefficient (Wildman–Crippen LogP) is 5.58. The summed E-state index contributed by atoms with van der Waals surface area (Å²) in [5, 5.41) is 1.42. The molecule has 0 aliphatic rings. The van der Waals surface area contributed by atoms with Crippen LogP contribution in [-0.2, 0) is 9.84 Å². The van der Waals surface area contributed by atoms with Crippen molar-refractivity contribution < 1.29 is 8.42 Å². The van der Waals surface area contributed by atoms with Crippen LogP contribution in [0.15, 0.2) is 69.9 Å². The van der Waals surface area contributed by atoms with Crippen LogP contribution in [-0.4, -0.2) is 41.6 Å². The van der Waals surface area contributed by atoms with E-state index in [2.05, 4.69) is 4.98 Å². The summed E-state index contributed by atoms with van der Waals surface area (Å²) in [7, 11) is 3.95. The van der Waals surface area contributed by atoms with Gasteiger partial charge in [0.15, 0.2) is 0 Å². The maximum absolute atomic E-state index is 13.8. The number of hydrogen-bond acceptors (Lipinski definition) is 6. The van der Waals surface area contributed by atoms with Gasteiger partial charge in [-0.3, -0.25) is 0 Å². The summed E-state index contributed by atoms with van der Waals surface area (Å²) < 4.78 is 27.8. The standard InChI is InChI=1S/C23H22ClN3O2S2/c1-26(2)17-9-11-18(12-10-17)31(28,29)23-20(15-5-7-16(24)8-6-15)21-19(27(3)4)13-14-25-22(21)30-23/h5-14H,1-4H3. The molecule has 0 bridgehead atoms. The van der Waals surface area contributed by atoms with E-state index >= 15 is 0 Å². The Morgan fingerprint density at radius 3 is 2.10 bits per heavy atom. The number of sulfone groups is 1. The molecule has 0 N–H and O–H groups in total. The second-order valence-corrected chi connectivity index (χ2v) is 11.1. The Hall–Kier alpha value is -2.61. The van der Waals surface area contributed by atoms with Crippen molar-refractivity contribution >= 4 is 54.4 Å². The van der Waals surface area contributed by atoms with Gasteiger partial charge in [-0.1, -0.05) is 23.7 Å². The highest BCUT2D eigenvalue weighted by Gasteiger charge is 2.29. The Morgan fingerprint density at radius 1 is 0.871 bits per heavy atom. The van der Waals surface area contributed by atoms with Crippen LogP contribution in [0.2, 0.25) is 5.02 Å². The number of anilines is 2. The Balaban J connectivity index is 2.02. The lowest BCUT2D eigenvalue weighted by Gasteiger charge is -2.15. The van der Waals surface area contributed by atoms with Crippen molar-refractivity contribution in [1.82, 2.24) is 4.98 Å². The van der Waals surface area contributed by atoms with Gasteiger partial charge in [-0.25, -0.2) is 13.4 Å². The monoisotopic (exact) mass is 471 g/mol. The topological polar surface area (TPSA) is 53.5 Å². The van der Waals surface area contributed by atoms with Gasteiger partial charge in [0, 0.05) is 61.7 Å². The number of nitrogens with zero attached hydrogens (tertiary/aromatic N) is 3. The molecule has 0 atom stereocenters. The minimum atomic E-state index is -3.77. The van der Waals surface area contributed by atoms with Gasteiger partial charge < -0.3 is 9.80 Å². The third-order valence-corrected chi connectivity index (χ3v) is 8.70. The smallest absolute Gasteiger partial charge is 0.216 e. The molecule has 8 heteroatoms. The number of rotatable bonds is 5. The number of thiophene rings is 1. The van der Waals surface area contributed by atoms with Crippen molar-refractivity contribution in [2.75, 3.05) is 38.0 Å². The van der Waals surface area contributed by atoms with Crippen LogP contribution >= 0.6 is 22.9 Å². The molecule has 0 aliphatic heterocycles. The summed E-state index contributed by atoms with van der Waals surface area (Å²) in [5.74, 6) is 0. The molecule has 0 spiro atoms. The SMILES string of the molecule is CN(C)c1ccc(S(=O)(=O)c2sc3nccc(N(C)C)c3c2-c2ccc(Cl)cc2)cc1. The molecule has 160 valence electrons. The van der Waals surface area contributed by atoms with Gasteiger partial charge in [0.2, 0.25) is 9.84 Å². The summed E-state index contributed by atoms with van der Waals surface area (Å²) in [6, 6.07) is 16.1. The molecule has 5 nitrogen and oxygen atoms in total. The predicted molar refractivity (Wildman–Crippen MR) is 131 cm³/mol. The zero-order chi connectivity index (χ0) is 22.3. The molecule has 2 aromatic heterocycles. The molecule has 0 amide bonds. The van der Waals surface area contributed by atoms with E-state index in [4.69, 9.17) is 11.6 Å². The summed E-state index contributed by atoms with van der Waals surface area (Å²) in [6.07, 6.45) is 1.71. The first-order chi connectivity index (χ1) is 14.7. The summed E-state index contributed by atoms with van der Waals surface area (Å²) >= 11 is 7.30. The van der Waals surface area contributed by atoms with Crippen molar-refractivity contribution in [3.8, 4) is 11.1 Å². The van der Waals surface area contributed by atoms with Crippen LogP contribution in [0.25, 0.3) is 21.3 Å². The van der Waals surface area contributed by atoms with Gasteiger partial charge in [0.1, 0.15) is 9.04 Å². The first kappa shape index (κ1) is 21.6. The van der Waals surface area contributed by atoms with Crippen LogP contribution in [0, 0.1) is 0 Å². The van der Waals surface area contributed by atoms with Gasteiger partial charge in [-0.2, -0.15) is 0 Å². The van der Waals surface area contributed by atoms with Crippen LogP contribution in [0.4, 0.5) is 11.4 Å². The van der Waals surface area contributed by atoms with Gasteiger partial charge in [0.25, 0.3) is 0 Å². The third-order valence-electron chi connectivity index (χ3n) is 5.06. The summed E-state index contributed by atoms with van der Waals surface area (Å²) in [5.41, 5.74) is 3.29. The normalized spacial score (nSPS) is 11.6. The fraction of sp³-hybridized carbons (Fsp3) is 0.174. The Bertz CT molecular complexity index is 1340. The minimum Gasteiger partial charge on any atom is -0.378 e. The number of aromatic nitrogens is 1. The van der Waals surface area contributed by atoms with E-state index in [1.54, 1.807) is 30.5 Å². The largest absolute Gasteiger partial charge is 0.378 e. The van der Waals surface area contributed by atoms with E-state index < -0.39 is 9.84 Å². The van der Waals surface area contributed by atoms with E-state index in [1.165, 1.54) is 11.3 Å². The minimum absolute atomic E-state index is 0.256. The lowest BCUT2D eigenvalue weighted by Crippen LogP contribution is -2.09. The van der Waals surface area contributed by atoms with Crippen molar-refractivity contribution in [3.05, 3.63) is 65.8 Å². The van der Waals surface area contributed by atoms with Crippen LogP contribution in [0.3, 0.4) is 0 Å². The Morgan fingerprint density at radius 2 is 1.52 bits per heavy atom. The van der Waals surface area contributed by atoms with Gasteiger partial charge in [-0.05, 0) is 48.0 Å². The Kier molecular flexibility index (Phi) is 5.68. The van der Waals surface area contributed by atoms with Gasteiger partial charge in [-0.15, -0.1) is 11.3 Å². The van der Waals surface area contributed by atoms with Crippen molar-refractivity contribution in [1.29, 1.82) is 0 Å². The van der Waals surface area contributed by atoms with Crippen molar-refractivity contribution in [3.63, 3.8) is 0 Å². The van der Waals surface area contributed by atoms with Gasteiger partial charge >= 0.3 is 0 Å². The van der Waals surface area contributed by atoms with Crippen LogP contribution in [0.1, 0.15) is 0 Å². The molecule has 0 radical (unpaired) electrons. The molecule has 0 fully saturated rings. The average Bonchev–Trinajstić information content (AvgIpc) is 3.15. The zero-order valence-corrected chi connectivity index (χ0v) is 20.0. The fourth-order valence-corrected chi connectivity index (χ4v) is 6.66. The lowest BCUT2D eigenvalue weighted by atomic mass is 10.0. The first-order valence-corrected chi connectivity index (χ1v) is 12.2. The molecule has 0 saturated carbocycles. The maximum Gasteiger partial charge on any atom is 0.216 e. The van der Waals surface area contributed by atoms with E-state index in [0.29, 0.717) is 15.4 Å². The molecule has 4 rings (SSSR count). The molecule has 2 heterocycles. The number of benzene rings is 2. The molecule has 2 aromatic carbocycles. The second-order valence-electron chi connectivity index (χ2n) is 7.57. The molecule has 0 aliphatic carbocycles. The van der Waals surface area contributed by atoms with Crippen molar-refractivity contribution in [2.45, 2.75) is 9.10 Å². The van der Waals surface area contributed by atoms with E-state index in [9.17, 15) is 8.42 Å².